The summed E-state index contributed by atoms with van der Waals surface area (Å²) in [6, 6.07) is 2.13. The van der Waals surface area contributed by atoms with E-state index >= 15 is 0 Å². The van der Waals surface area contributed by atoms with E-state index < -0.39 is 18.0 Å². The lowest BCUT2D eigenvalue weighted by Crippen LogP contribution is -2.25. The summed E-state index contributed by atoms with van der Waals surface area (Å²) >= 11 is 5.90. The third-order valence-corrected chi connectivity index (χ3v) is 2.81. The van der Waals surface area contributed by atoms with Gasteiger partial charge in [-0.1, -0.05) is 18.5 Å². The molecule has 0 aromatic heterocycles. The molecule has 0 unspecified atom stereocenters. The van der Waals surface area contributed by atoms with Crippen molar-refractivity contribution in [3.63, 3.8) is 0 Å². The van der Waals surface area contributed by atoms with E-state index in [0.29, 0.717) is 18.6 Å². The van der Waals surface area contributed by atoms with Gasteiger partial charge in [0.05, 0.1) is 23.8 Å². The van der Waals surface area contributed by atoms with Crippen LogP contribution >= 0.6 is 11.6 Å². The summed E-state index contributed by atoms with van der Waals surface area (Å²) in [4.78, 5) is 0. The van der Waals surface area contributed by atoms with Crippen molar-refractivity contribution in [2.24, 2.45) is 5.73 Å². The fourth-order valence-corrected chi connectivity index (χ4v) is 1.80. The molecule has 0 heterocycles. The van der Waals surface area contributed by atoms with Crippen LogP contribution in [0, 0.1) is 5.82 Å². The van der Waals surface area contributed by atoms with Crippen LogP contribution in [0.4, 0.5) is 4.39 Å². The Morgan fingerprint density at radius 3 is 2.59 bits per heavy atom. The van der Waals surface area contributed by atoms with Gasteiger partial charge in [0.15, 0.2) is 11.6 Å². The van der Waals surface area contributed by atoms with Gasteiger partial charge in [-0.3, -0.25) is 0 Å². The Kier molecular flexibility index (Phi) is 5.18. The van der Waals surface area contributed by atoms with Gasteiger partial charge in [-0.05, 0) is 31.0 Å². The van der Waals surface area contributed by atoms with E-state index in [1.54, 1.807) is 13.8 Å². The largest absolute Gasteiger partial charge is 0.489 e. The maximum absolute atomic E-state index is 13.7. The van der Waals surface area contributed by atoms with Gasteiger partial charge in [-0.15, -0.1) is 0 Å². The van der Waals surface area contributed by atoms with Crippen LogP contribution in [-0.2, 0) is 0 Å². The van der Waals surface area contributed by atoms with E-state index in [-0.39, 0.29) is 10.8 Å². The van der Waals surface area contributed by atoms with Crippen LogP contribution in [-0.4, -0.2) is 17.8 Å². The quantitative estimate of drug-likeness (QED) is 0.857. The van der Waals surface area contributed by atoms with Crippen molar-refractivity contribution in [3.05, 3.63) is 28.5 Å². The molecule has 5 heteroatoms. The first-order chi connectivity index (χ1) is 8.01. The Balaban J connectivity index is 3.05. The number of aliphatic hydroxyl groups excluding tert-OH is 1. The Morgan fingerprint density at radius 1 is 1.47 bits per heavy atom. The van der Waals surface area contributed by atoms with Crippen molar-refractivity contribution in [2.45, 2.75) is 32.4 Å². The first-order valence-electron chi connectivity index (χ1n) is 5.56. The van der Waals surface area contributed by atoms with Crippen LogP contribution in [0.15, 0.2) is 12.1 Å². The van der Waals surface area contributed by atoms with Crippen molar-refractivity contribution in [1.29, 1.82) is 0 Å². The molecular weight excluding hydrogens is 245 g/mol. The lowest BCUT2D eigenvalue weighted by molar-refractivity contribution is 0.140. The molecule has 0 fully saturated rings. The number of nitrogens with two attached hydrogens (primary N) is 1. The first-order valence-corrected chi connectivity index (χ1v) is 5.94. The van der Waals surface area contributed by atoms with Gasteiger partial charge in [-0.25, -0.2) is 4.39 Å². The smallest absolute Gasteiger partial charge is 0.173 e. The molecule has 1 rings (SSSR count). The summed E-state index contributed by atoms with van der Waals surface area (Å²) in [5.41, 5.74) is 6.26. The molecule has 96 valence electrons. The molecule has 0 saturated carbocycles. The molecule has 17 heavy (non-hydrogen) atoms. The molecule has 2 atom stereocenters. The number of aliphatic hydroxyl groups is 1. The zero-order valence-electron chi connectivity index (χ0n) is 9.91. The Hall–Kier alpha value is -0.840. The summed E-state index contributed by atoms with van der Waals surface area (Å²) in [7, 11) is 0. The molecule has 3 nitrogen and oxygen atoms in total. The predicted molar refractivity (Wildman–Crippen MR) is 65.8 cm³/mol. The highest BCUT2D eigenvalue weighted by atomic mass is 35.5. The Morgan fingerprint density at radius 2 is 2.12 bits per heavy atom. The number of hydrogen-bond donors (Lipinski definition) is 2. The maximum Gasteiger partial charge on any atom is 0.173 e. The van der Waals surface area contributed by atoms with Gasteiger partial charge >= 0.3 is 0 Å². The van der Waals surface area contributed by atoms with E-state index in [4.69, 9.17) is 22.1 Å². The molecule has 1 aromatic rings. The van der Waals surface area contributed by atoms with Crippen LogP contribution in [0.1, 0.15) is 31.9 Å². The Labute approximate surface area is 105 Å². The second-order valence-electron chi connectivity index (χ2n) is 3.75. The molecule has 0 aliphatic rings. The molecule has 0 aliphatic carbocycles. The molecule has 0 bridgehead atoms. The van der Waals surface area contributed by atoms with Crippen molar-refractivity contribution in [1.82, 2.24) is 0 Å². The highest BCUT2D eigenvalue weighted by Gasteiger charge is 2.19. The SMILES string of the molecule is CCOc1c(F)cc([C@H](N)[C@H](O)CC)cc1Cl. The molecule has 0 aliphatic heterocycles. The van der Waals surface area contributed by atoms with Crippen LogP contribution in [0.2, 0.25) is 5.02 Å². The number of hydrogen-bond acceptors (Lipinski definition) is 3. The standard InChI is InChI=1S/C12H17ClFNO2/c1-3-10(16)11(15)7-5-8(13)12(17-4-2)9(14)6-7/h5-6,10-11,16H,3-4,15H2,1-2H3/t10-,11+/m1/s1. The lowest BCUT2D eigenvalue weighted by atomic mass is 10.0. The number of ether oxygens (including phenoxy) is 1. The normalized spacial score (nSPS) is 14.5. The van der Waals surface area contributed by atoms with Gasteiger partial charge in [0.2, 0.25) is 0 Å². The molecular formula is C12H17ClFNO2. The van der Waals surface area contributed by atoms with E-state index in [2.05, 4.69) is 0 Å². The molecule has 0 saturated heterocycles. The molecule has 0 amide bonds. The average Bonchev–Trinajstić information content (AvgIpc) is 2.31. The highest BCUT2D eigenvalue weighted by molar-refractivity contribution is 6.32. The van der Waals surface area contributed by atoms with Gasteiger partial charge in [0.1, 0.15) is 0 Å². The molecule has 3 N–H and O–H groups in total. The van der Waals surface area contributed by atoms with Crippen LogP contribution in [0.3, 0.4) is 0 Å². The zero-order valence-corrected chi connectivity index (χ0v) is 10.7. The zero-order chi connectivity index (χ0) is 13.0. The van der Waals surface area contributed by atoms with Gasteiger partial charge in [0.25, 0.3) is 0 Å². The van der Waals surface area contributed by atoms with Crippen LogP contribution in [0.5, 0.6) is 5.75 Å². The van der Waals surface area contributed by atoms with E-state index in [1.807, 2.05) is 0 Å². The highest BCUT2D eigenvalue weighted by Crippen LogP contribution is 2.31. The molecule has 0 radical (unpaired) electrons. The second-order valence-corrected chi connectivity index (χ2v) is 4.16. The van der Waals surface area contributed by atoms with Crippen molar-refractivity contribution < 1.29 is 14.2 Å². The topological polar surface area (TPSA) is 55.5 Å². The van der Waals surface area contributed by atoms with Crippen LogP contribution < -0.4 is 10.5 Å². The van der Waals surface area contributed by atoms with Gasteiger partial charge < -0.3 is 15.6 Å². The minimum atomic E-state index is -0.719. The van der Waals surface area contributed by atoms with E-state index in [1.165, 1.54) is 12.1 Å². The molecule has 1 aromatic carbocycles. The van der Waals surface area contributed by atoms with Crippen molar-refractivity contribution in [3.8, 4) is 5.75 Å². The second kappa shape index (κ2) is 6.19. The summed E-state index contributed by atoms with van der Waals surface area (Å²) < 4.78 is 18.8. The summed E-state index contributed by atoms with van der Waals surface area (Å²) in [5, 5.41) is 9.78. The third-order valence-electron chi connectivity index (χ3n) is 2.53. The number of benzene rings is 1. The van der Waals surface area contributed by atoms with Crippen molar-refractivity contribution in [2.75, 3.05) is 6.61 Å². The number of halogens is 2. The van der Waals surface area contributed by atoms with Crippen molar-refractivity contribution >= 4 is 11.6 Å². The van der Waals surface area contributed by atoms with E-state index in [0.717, 1.165) is 0 Å². The predicted octanol–water partition coefficient (Wildman–Crippen LogP) is 2.65. The first kappa shape index (κ1) is 14.2. The fourth-order valence-electron chi connectivity index (χ4n) is 1.53. The molecule has 0 spiro atoms. The minimum Gasteiger partial charge on any atom is -0.489 e. The average molecular weight is 262 g/mol. The van der Waals surface area contributed by atoms with Gasteiger partial charge in [0, 0.05) is 0 Å². The fraction of sp³-hybridized carbons (Fsp3) is 0.500. The van der Waals surface area contributed by atoms with Gasteiger partial charge in [-0.2, -0.15) is 0 Å². The maximum atomic E-state index is 13.7. The summed E-state index contributed by atoms with van der Waals surface area (Å²) in [6.07, 6.45) is -0.225. The summed E-state index contributed by atoms with van der Waals surface area (Å²) in [5.74, 6) is -0.538. The van der Waals surface area contributed by atoms with Crippen LogP contribution in [0.25, 0.3) is 0 Å². The Bertz CT molecular complexity index is 364. The minimum absolute atomic E-state index is 0.0242. The third kappa shape index (κ3) is 3.31. The van der Waals surface area contributed by atoms with E-state index in [9.17, 15) is 9.50 Å². The monoisotopic (exact) mass is 261 g/mol. The lowest BCUT2D eigenvalue weighted by Gasteiger charge is -2.19. The summed E-state index contributed by atoms with van der Waals surface area (Å²) in [6.45, 7) is 3.88. The number of rotatable bonds is 5.